The molecule has 0 radical (unpaired) electrons. The van der Waals surface area contributed by atoms with Crippen LogP contribution in [0.25, 0.3) is 0 Å². The molecule has 0 saturated heterocycles. The van der Waals surface area contributed by atoms with Crippen LogP contribution in [0.5, 0.6) is 5.75 Å². The zero-order valence-corrected chi connectivity index (χ0v) is 13.0. The molecule has 1 aromatic carbocycles. The Morgan fingerprint density at radius 2 is 2.00 bits per heavy atom. The average molecular weight is 339 g/mol. The van der Waals surface area contributed by atoms with Crippen molar-refractivity contribution in [2.24, 2.45) is 0 Å². The Bertz CT molecular complexity index is 619. The number of hydrogen-bond donors (Lipinski definition) is 2. The molecule has 0 amide bonds. The van der Waals surface area contributed by atoms with Crippen molar-refractivity contribution in [1.82, 2.24) is 15.0 Å². The van der Waals surface area contributed by atoms with Gasteiger partial charge in [-0.3, -0.25) is 0 Å². The topological polar surface area (TPSA) is 89.2 Å². The molecule has 8 heteroatoms. The van der Waals surface area contributed by atoms with E-state index in [0.29, 0.717) is 17.6 Å². The van der Waals surface area contributed by atoms with Crippen LogP contribution in [0.15, 0.2) is 22.7 Å². The van der Waals surface area contributed by atoms with Gasteiger partial charge in [0.15, 0.2) is 0 Å². The van der Waals surface area contributed by atoms with Crippen LogP contribution in [0.1, 0.15) is 0 Å². The first kappa shape index (κ1) is 14.3. The first-order valence-corrected chi connectivity index (χ1v) is 6.58. The number of nitrogen functional groups attached to an aromatic ring is 1. The van der Waals surface area contributed by atoms with E-state index in [4.69, 9.17) is 10.5 Å². The van der Waals surface area contributed by atoms with E-state index in [2.05, 4.69) is 36.2 Å². The van der Waals surface area contributed by atoms with Crippen molar-refractivity contribution in [3.05, 3.63) is 22.7 Å². The molecule has 0 aliphatic carbocycles. The first-order valence-electron chi connectivity index (χ1n) is 5.79. The van der Waals surface area contributed by atoms with E-state index in [1.165, 1.54) is 0 Å². The summed E-state index contributed by atoms with van der Waals surface area (Å²) >= 11 is 3.41. The summed E-state index contributed by atoms with van der Waals surface area (Å²) in [5.41, 5.74) is 6.42. The highest BCUT2D eigenvalue weighted by Crippen LogP contribution is 2.30. The third-order valence-corrected chi connectivity index (χ3v) is 2.94. The van der Waals surface area contributed by atoms with Crippen LogP contribution in [0.2, 0.25) is 0 Å². The second kappa shape index (κ2) is 5.91. The van der Waals surface area contributed by atoms with Gasteiger partial charge in [0.25, 0.3) is 0 Å². The predicted molar refractivity (Wildman–Crippen MR) is 82.5 cm³/mol. The standard InChI is InChI=1S/C12H15BrN6O/c1-19(2)12-17-10(14)16-11(18-12)15-8-6-7(13)4-5-9(8)20-3/h4-6H,1-3H3,(H3,14,15,16,17,18). The van der Waals surface area contributed by atoms with Gasteiger partial charge >= 0.3 is 0 Å². The van der Waals surface area contributed by atoms with Crippen molar-refractivity contribution in [3.63, 3.8) is 0 Å². The molecule has 2 aromatic rings. The number of methoxy groups -OCH3 is 1. The Morgan fingerprint density at radius 1 is 1.25 bits per heavy atom. The fourth-order valence-electron chi connectivity index (χ4n) is 1.53. The maximum atomic E-state index is 5.68. The lowest BCUT2D eigenvalue weighted by molar-refractivity contribution is 0.416. The van der Waals surface area contributed by atoms with Gasteiger partial charge in [0.1, 0.15) is 5.75 Å². The van der Waals surface area contributed by atoms with Crippen LogP contribution in [0, 0.1) is 0 Å². The number of nitrogens with two attached hydrogens (primary N) is 1. The molecule has 0 saturated carbocycles. The minimum Gasteiger partial charge on any atom is -0.495 e. The largest absolute Gasteiger partial charge is 0.495 e. The van der Waals surface area contributed by atoms with E-state index in [-0.39, 0.29) is 5.95 Å². The van der Waals surface area contributed by atoms with Gasteiger partial charge in [0.05, 0.1) is 12.8 Å². The molecule has 0 aliphatic heterocycles. The maximum absolute atomic E-state index is 5.68. The number of halogens is 1. The van der Waals surface area contributed by atoms with Gasteiger partial charge in [-0.15, -0.1) is 0 Å². The molecule has 1 aromatic heterocycles. The lowest BCUT2D eigenvalue weighted by Gasteiger charge is -2.13. The van der Waals surface area contributed by atoms with Gasteiger partial charge in [-0.1, -0.05) is 15.9 Å². The predicted octanol–water partition coefficient (Wildman–Crippen LogP) is 2.03. The Balaban J connectivity index is 2.37. The van der Waals surface area contributed by atoms with Gasteiger partial charge in [0, 0.05) is 18.6 Å². The lowest BCUT2D eigenvalue weighted by Crippen LogP contribution is -2.15. The Morgan fingerprint density at radius 3 is 2.65 bits per heavy atom. The number of nitrogens with zero attached hydrogens (tertiary/aromatic N) is 4. The van der Waals surface area contributed by atoms with Crippen LogP contribution in [-0.2, 0) is 0 Å². The summed E-state index contributed by atoms with van der Waals surface area (Å²) in [6.45, 7) is 0. The molecule has 0 aliphatic rings. The second-order valence-corrected chi connectivity index (χ2v) is 5.10. The summed E-state index contributed by atoms with van der Waals surface area (Å²) in [4.78, 5) is 14.1. The molecule has 2 rings (SSSR count). The van der Waals surface area contributed by atoms with Gasteiger partial charge in [-0.2, -0.15) is 15.0 Å². The number of rotatable bonds is 4. The summed E-state index contributed by atoms with van der Waals surface area (Å²) < 4.78 is 6.20. The van der Waals surface area contributed by atoms with Crippen molar-refractivity contribution < 1.29 is 4.74 Å². The van der Waals surface area contributed by atoms with Gasteiger partial charge in [-0.05, 0) is 18.2 Å². The van der Waals surface area contributed by atoms with Crippen molar-refractivity contribution in [3.8, 4) is 5.75 Å². The van der Waals surface area contributed by atoms with Crippen LogP contribution >= 0.6 is 15.9 Å². The molecule has 0 unspecified atom stereocenters. The minimum atomic E-state index is 0.153. The first-order chi connectivity index (χ1) is 9.49. The number of benzene rings is 1. The fourth-order valence-corrected chi connectivity index (χ4v) is 1.90. The average Bonchev–Trinajstić information content (AvgIpc) is 2.38. The van der Waals surface area contributed by atoms with E-state index < -0.39 is 0 Å². The molecule has 0 atom stereocenters. The number of hydrogen-bond acceptors (Lipinski definition) is 7. The molecule has 0 spiro atoms. The third kappa shape index (κ3) is 3.27. The molecule has 0 fully saturated rings. The van der Waals surface area contributed by atoms with Gasteiger partial charge in [0.2, 0.25) is 17.8 Å². The smallest absolute Gasteiger partial charge is 0.233 e. The zero-order valence-electron chi connectivity index (χ0n) is 11.4. The second-order valence-electron chi connectivity index (χ2n) is 4.18. The number of aromatic nitrogens is 3. The zero-order chi connectivity index (χ0) is 14.7. The summed E-state index contributed by atoms with van der Waals surface area (Å²) in [6, 6.07) is 5.59. The van der Waals surface area contributed by atoms with E-state index in [0.717, 1.165) is 10.2 Å². The summed E-state index contributed by atoms with van der Waals surface area (Å²) in [6.07, 6.45) is 0. The van der Waals surface area contributed by atoms with Crippen molar-refractivity contribution in [2.45, 2.75) is 0 Å². The highest BCUT2D eigenvalue weighted by molar-refractivity contribution is 9.10. The Hall–Kier alpha value is -2.09. The van der Waals surface area contributed by atoms with E-state index in [9.17, 15) is 0 Å². The van der Waals surface area contributed by atoms with Gasteiger partial charge in [-0.25, -0.2) is 0 Å². The van der Waals surface area contributed by atoms with Crippen molar-refractivity contribution >= 4 is 39.5 Å². The molecule has 106 valence electrons. The molecular weight excluding hydrogens is 324 g/mol. The number of ether oxygens (including phenoxy) is 1. The SMILES string of the molecule is COc1ccc(Br)cc1Nc1nc(N)nc(N(C)C)n1. The molecule has 20 heavy (non-hydrogen) atoms. The summed E-state index contributed by atoms with van der Waals surface area (Å²) in [5.74, 6) is 1.67. The highest BCUT2D eigenvalue weighted by Gasteiger charge is 2.09. The van der Waals surface area contributed by atoms with Crippen molar-refractivity contribution in [1.29, 1.82) is 0 Å². The summed E-state index contributed by atoms with van der Waals surface area (Å²) in [5, 5.41) is 3.08. The quantitative estimate of drug-likeness (QED) is 0.881. The summed E-state index contributed by atoms with van der Waals surface area (Å²) in [7, 11) is 5.26. The van der Waals surface area contributed by atoms with Crippen molar-refractivity contribution in [2.75, 3.05) is 37.2 Å². The molecule has 3 N–H and O–H groups in total. The Kier molecular flexibility index (Phi) is 4.23. The third-order valence-electron chi connectivity index (χ3n) is 2.45. The van der Waals surface area contributed by atoms with Crippen LogP contribution < -0.4 is 20.7 Å². The van der Waals surface area contributed by atoms with E-state index >= 15 is 0 Å². The molecule has 1 heterocycles. The van der Waals surface area contributed by atoms with Gasteiger partial charge < -0.3 is 20.7 Å². The molecule has 7 nitrogen and oxygen atoms in total. The Labute approximate surface area is 125 Å². The highest BCUT2D eigenvalue weighted by atomic mass is 79.9. The molecular formula is C12H15BrN6O. The fraction of sp³-hybridized carbons (Fsp3) is 0.250. The van der Waals surface area contributed by atoms with E-state index in [1.807, 2.05) is 32.3 Å². The molecule has 0 bridgehead atoms. The monoisotopic (exact) mass is 338 g/mol. The van der Waals surface area contributed by atoms with Crippen LogP contribution in [-0.4, -0.2) is 36.2 Å². The number of nitrogens with one attached hydrogen (secondary N) is 1. The number of anilines is 4. The minimum absolute atomic E-state index is 0.153. The normalized spacial score (nSPS) is 10.2. The lowest BCUT2D eigenvalue weighted by atomic mass is 10.3. The maximum Gasteiger partial charge on any atom is 0.233 e. The van der Waals surface area contributed by atoms with E-state index in [1.54, 1.807) is 12.0 Å². The van der Waals surface area contributed by atoms with Crippen LogP contribution in [0.4, 0.5) is 23.5 Å². The van der Waals surface area contributed by atoms with Crippen LogP contribution in [0.3, 0.4) is 0 Å².